The number of hydrogen-bond acceptors (Lipinski definition) is 4. The van der Waals surface area contributed by atoms with Crippen LogP contribution in [-0.4, -0.2) is 29.4 Å². The number of aliphatic hydroxyl groups excluding tert-OH is 1. The van der Waals surface area contributed by atoms with Crippen molar-refractivity contribution in [1.29, 1.82) is 0 Å². The van der Waals surface area contributed by atoms with E-state index in [9.17, 15) is 9.90 Å². The number of nitrogens with two attached hydrogens (primary N) is 1. The third kappa shape index (κ3) is 5.72. The monoisotopic (exact) mass is 254 g/mol. The van der Waals surface area contributed by atoms with Gasteiger partial charge in [-0.1, -0.05) is 0 Å². The minimum Gasteiger partial charge on any atom is -0.392 e. The van der Waals surface area contributed by atoms with Gasteiger partial charge < -0.3 is 16.2 Å². The molecule has 94 valence electrons. The minimum atomic E-state index is -0.361. The molecule has 0 saturated carbocycles. The molecule has 1 atom stereocenters. The van der Waals surface area contributed by atoms with E-state index in [-0.39, 0.29) is 12.0 Å². The molecule has 0 aliphatic heterocycles. The van der Waals surface area contributed by atoms with Gasteiger partial charge in [-0.3, -0.25) is 4.79 Å². The molecule has 0 fully saturated rings. The average Bonchev–Trinajstić information content (AvgIpc) is 2.28. The summed E-state index contributed by atoms with van der Waals surface area (Å²) in [7, 11) is 0. The van der Waals surface area contributed by atoms with Gasteiger partial charge in [0, 0.05) is 23.3 Å². The molecule has 1 amide bonds. The van der Waals surface area contributed by atoms with Crippen LogP contribution < -0.4 is 11.1 Å². The molecule has 4 N–H and O–H groups in total. The zero-order valence-electron chi connectivity index (χ0n) is 9.85. The van der Waals surface area contributed by atoms with Crippen LogP contribution in [0.4, 0.5) is 5.69 Å². The van der Waals surface area contributed by atoms with Gasteiger partial charge in [-0.05, 0) is 37.2 Å². The Labute approximate surface area is 106 Å². The van der Waals surface area contributed by atoms with E-state index in [0.717, 1.165) is 10.6 Å². The summed E-state index contributed by atoms with van der Waals surface area (Å²) in [5.41, 5.74) is 6.14. The van der Waals surface area contributed by atoms with E-state index in [1.54, 1.807) is 11.8 Å². The first-order chi connectivity index (χ1) is 8.11. The molecule has 1 unspecified atom stereocenters. The lowest BCUT2D eigenvalue weighted by molar-refractivity contribution is -0.114. The van der Waals surface area contributed by atoms with Crippen LogP contribution >= 0.6 is 11.8 Å². The van der Waals surface area contributed by atoms with Crippen molar-refractivity contribution < 1.29 is 9.90 Å². The van der Waals surface area contributed by atoms with E-state index in [1.807, 2.05) is 24.3 Å². The van der Waals surface area contributed by atoms with Crippen molar-refractivity contribution in [2.45, 2.75) is 24.3 Å². The average molecular weight is 254 g/mol. The standard InChI is InChI=1S/C12H18N2O2S/c1-9(15)14-10-2-4-12(5-3-10)17-8-11(16)6-7-13/h2-5,11,16H,6-8,13H2,1H3,(H,14,15). The molecule has 0 aromatic heterocycles. The molecular weight excluding hydrogens is 236 g/mol. The number of rotatable bonds is 6. The van der Waals surface area contributed by atoms with Gasteiger partial charge in [0.2, 0.25) is 5.91 Å². The highest BCUT2D eigenvalue weighted by Gasteiger charge is 2.04. The smallest absolute Gasteiger partial charge is 0.221 e. The number of aliphatic hydroxyl groups is 1. The zero-order valence-corrected chi connectivity index (χ0v) is 10.7. The van der Waals surface area contributed by atoms with E-state index in [1.165, 1.54) is 6.92 Å². The van der Waals surface area contributed by atoms with Crippen molar-refractivity contribution in [3.8, 4) is 0 Å². The van der Waals surface area contributed by atoms with Crippen molar-refractivity contribution in [3.05, 3.63) is 24.3 Å². The largest absolute Gasteiger partial charge is 0.392 e. The Morgan fingerprint density at radius 1 is 1.47 bits per heavy atom. The first-order valence-electron chi connectivity index (χ1n) is 5.50. The normalized spacial score (nSPS) is 12.2. The Morgan fingerprint density at radius 3 is 2.65 bits per heavy atom. The third-order valence-electron chi connectivity index (χ3n) is 2.12. The summed E-state index contributed by atoms with van der Waals surface area (Å²) in [4.78, 5) is 11.9. The van der Waals surface area contributed by atoms with E-state index >= 15 is 0 Å². The van der Waals surface area contributed by atoms with Crippen molar-refractivity contribution in [2.24, 2.45) is 5.73 Å². The maximum Gasteiger partial charge on any atom is 0.221 e. The maximum absolute atomic E-state index is 10.8. The molecular formula is C12H18N2O2S. The third-order valence-corrected chi connectivity index (χ3v) is 3.27. The van der Waals surface area contributed by atoms with E-state index < -0.39 is 0 Å². The summed E-state index contributed by atoms with van der Waals surface area (Å²) in [6.07, 6.45) is 0.261. The Kier molecular flexibility index (Phi) is 6.04. The van der Waals surface area contributed by atoms with Gasteiger partial charge in [0.1, 0.15) is 0 Å². The van der Waals surface area contributed by atoms with Crippen LogP contribution in [0.5, 0.6) is 0 Å². The van der Waals surface area contributed by atoms with Crippen molar-refractivity contribution in [2.75, 3.05) is 17.6 Å². The maximum atomic E-state index is 10.8. The Hall–Kier alpha value is -1.04. The highest BCUT2D eigenvalue weighted by atomic mass is 32.2. The second kappa shape index (κ2) is 7.32. The fourth-order valence-electron chi connectivity index (χ4n) is 1.31. The highest BCUT2D eigenvalue weighted by molar-refractivity contribution is 7.99. The van der Waals surface area contributed by atoms with Crippen LogP contribution in [0, 0.1) is 0 Å². The second-order valence-corrected chi connectivity index (χ2v) is 4.84. The molecule has 0 bridgehead atoms. The second-order valence-electron chi connectivity index (χ2n) is 3.75. The van der Waals surface area contributed by atoms with E-state index in [2.05, 4.69) is 5.32 Å². The molecule has 0 aliphatic carbocycles. The molecule has 4 nitrogen and oxygen atoms in total. The lowest BCUT2D eigenvalue weighted by atomic mass is 10.3. The summed E-state index contributed by atoms with van der Waals surface area (Å²) in [6, 6.07) is 7.54. The Balaban J connectivity index is 2.42. The molecule has 1 rings (SSSR count). The van der Waals surface area contributed by atoms with Gasteiger partial charge >= 0.3 is 0 Å². The summed E-state index contributed by atoms with van der Waals surface area (Å²) in [6.45, 7) is 1.98. The summed E-state index contributed by atoms with van der Waals surface area (Å²) in [5.74, 6) is 0.556. The van der Waals surface area contributed by atoms with Gasteiger partial charge in [0.05, 0.1) is 6.10 Å². The van der Waals surface area contributed by atoms with Crippen molar-refractivity contribution in [3.63, 3.8) is 0 Å². The summed E-state index contributed by atoms with van der Waals surface area (Å²) >= 11 is 1.58. The lowest BCUT2D eigenvalue weighted by Crippen LogP contribution is -2.15. The molecule has 0 radical (unpaired) electrons. The first-order valence-corrected chi connectivity index (χ1v) is 6.49. The first kappa shape index (κ1) is 14.0. The van der Waals surface area contributed by atoms with Crippen LogP contribution in [0.3, 0.4) is 0 Å². The molecule has 0 heterocycles. The van der Waals surface area contributed by atoms with Gasteiger partial charge in [-0.15, -0.1) is 11.8 Å². The molecule has 0 saturated heterocycles. The number of carbonyl (C=O) groups excluding carboxylic acids is 1. The van der Waals surface area contributed by atoms with Crippen LogP contribution in [0.25, 0.3) is 0 Å². The molecule has 5 heteroatoms. The van der Waals surface area contributed by atoms with E-state index in [4.69, 9.17) is 5.73 Å². The van der Waals surface area contributed by atoms with Gasteiger partial charge in [0.25, 0.3) is 0 Å². The van der Waals surface area contributed by atoms with Crippen LogP contribution in [0.15, 0.2) is 29.2 Å². The quantitative estimate of drug-likeness (QED) is 0.672. The van der Waals surface area contributed by atoms with Crippen LogP contribution in [-0.2, 0) is 4.79 Å². The number of anilines is 1. The van der Waals surface area contributed by atoms with Crippen LogP contribution in [0.2, 0.25) is 0 Å². The molecule has 17 heavy (non-hydrogen) atoms. The number of carbonyl (C=O) groups is 1. The number of amides is 1. The fraction of sp³-hybridized carbons (Fsp3) is 0.417. The van der Waals surface area contributed by atoms with Crippen molar-refractivity contribution >= 4 is 23.4 Å². The van der Waals surface area contributed by atoms with E-state index in [0.29, 0.717) is 18.7 Å². The Bertz CT molecular complexity index is 354. The predicted octanol–water partition coefficient (Wildman–Crippen LogP) is 1.45. The number of hydrogen-bond donors (Lipinski definition) is 3. The molecule has 0 spiro atoms. The lowest BCUT2D eigenvalue weighted by Gasteiger charge is -2.09. The van der Waals surface area contributed by atoms with Gasteiger partial charge in [-0.25, -0.2) is 0 Å². The topological polar surface area (TPSA) is 75.3 Å². The predicted molar refractivity (Wildman–Crippen MR) is 71.1 cm³/mol. The fourth-order valence-corrected chi connectivity index (χ4v) is 2.19. The Morgan fingerprint density at radius 2 is 2.12 bits per heavy atom. The zero-order chi connectivity index (χ0) is 12.7. The molecule has 1 aromatic carbocycles. The SMILES string of the molecule is CC(=O)Nc1ccc(SCC(O)CCN)cc1. The van der Waals surface area contributed by atoms with Gasteiger partial charge in [0.15, 0.2) is 0 Å². The van der Waals surface area contributed by atoms with Crippen LogP contribution in [0.1, 0.15) is 13.3 Å². The minimum absolute atomic E-state index is 0.0798. The van der Waals surface area contributed by atoms with Gasteiger partial charge in [-0.2, -0.15) is 0 Å². The molecule has 1 aromatic rings. The summed E-state index contributed by atoms with van der Waals surface area (Å²) < 4.78 is 0. The summed E-state index contributed by atoms with van der Waals surface area (Å²) in [5, 5.41) is 12.2. The highest BCUT2D eigenvalue weighted by Crippen LogP contribution is 2.21. The number of nitrogens with one attached hydrogen (secondary N) is 1. The molecule has 0 aliphatic rings. The number of thioether (sulfide) groups is 1. The van der Waals surface area contributed by atoms with Crippen molar-refractivity contribution in [1.82, 2.24) is 0 Å². The number of benzene rings is 1.